The van der Waals surface area contributed by atoms with Gasteiger partial charge in [-0.15, -0.1) is 23.7 Å². The third-order valence-corrected chi connectivity index (χ3v) is 5.17. The van der Waals surface area contributed by atoms with Crippen LogP contribution in [0.2, 0.25) is 10.0 Å². The van der Waals surface area contributed by atoms with E-state index < -0.39 is 0 Å². The van der Waals surface area contributed by atoms with Crippen molar-refractivity contribution >= 4 is 52.9 Å². The average Bonchev–Trinajstić information content (AvgIpc) is 3.06. The van der Waals surface area contributed by atoms with E-state index in [1.54, 1.807) is 17.5 Å². The van der Waals surface area contributed by atoms with Gasteiger partial charge in [-0.25, -0.2) is 4.98 Å². The maximum Gasteiger partial charge on any atom is 0.271 e. The van der Waals surface area contributed by atoms with Crippen molar-refractivity contribution in [2.45, 2.75) is 6.42 Å². The van der Waals surface area contributed by atoms with Gasteiger partial charge in [0, 0.05) is 24.0 Å². The molecule has 1 aromatic heterocycles. The minimum Gasteiger partial charge on any atom is -0.347 e. The van der Waals surface area contributed by atoms with Gasteiger partial charge in [-0.3, -0.25) is 4.79 Å². The lowest BCUT2D eigenvalue weighted by Gasteiger charge is -2.14. The van der Waals surface area contributed by atoms with Crippen LogP contribution in [0.4, 0.5) is 0 Å². The number of aromatic nitrogens is 1. The first kappa shape index (κ1) is 19.2. The van der Waals surface area contributed by atoms with Gasteiger partial charge in [0.05, 0.1) is 10.0 Å². The lowest BCUT2D eigenvalue weighted by atomic mass is 10.1. The number of nitrogens with zero attached hydrogens (tertiary/aromatic N) is 1. The molecule has 2 aromatic rings. The fourth-order valence-electron chi connectivity index (χ4n) is 2.25. The Hall–Kier alpha value is -1.11. The summed E-state index contributed by atoms with van der Waals surface area (Å²) in [7, 11) is 0. The fourth-order valence-corrected chi connectivity index (χ4v) is 3.35. The molecule has 1 aliphatic rings. The standard InChI is InChI=1S/C16H15Cl2N3OS.ClH/c17-12-2-1-11(7-13(12)18)16-21-14(9-23-16)15(22)20-8-10-3-5-19-6-4-10;/h1-3,7,9,19H,4-6,8H2,(H,20,22);1H. The van der Waals surface area contributed by atoms with Crippen LogP contribution in [0.25, 0.3) is 10.6 Å². The van der Waals surface area contributed by atoms with E-state index in [-0.39, 0.29) is 18.3 Å². The number of carbonyl (C=O) groups excluding carboxylic acids is 1. The van der Waals surface area contributed by atoms with E-state index >= 15 is 0 Å². The average molecular weight is 405 g/mol. The minimum absolute atomic E-state index is 0. The number of carbonyl (C=O) groups is 1. The van der Waals surface area contributed by atoms with Gasteiger partial charge in [-0.1, -0.05) is 40.9 Å². The summed E-state index contributed by atoms with van der Waals surface area (Å²) >= 11 is 13.3. The number of thiazole rings is 1. The number of rotatable bonds is 4. The second-order valence-electron chi connectivity index (χ2n) is 5.17. The normalized spacial score (nSPS) is 13.8. The molecular formula is C16H16Cl3N3OS. The number of hydrogen-bond acceptors (Lipinski definition) is 4. The molecule has 0 saturated heterocycles. The number of nitrogens with one attached hydrogen (secondary N) is 2. The van der Waals surface area contributed by atoms with Crippen molar-refractivity contribution in [3.05, 3.63) is 51.0 Å². The molecule has 24 heavy (non-hydrogen) atoms. The Balaban J connectivity index is 0.00000208. The molecule has 1 aromatic carbocycles. The van der Waals surface area contributed by atoms with E-state index in [4.69, 9.17) is 23.2 Å². The van der Waals surface area contributed by atoms with Crippen molar-refractivity contribution in [2.75, 3.05) is 19.6 Å². The first-order valence-electron chi connectivity index (χ1n) is 7.21. The van der Waals surface area contributed by atoms with Crippen LogP contribution in [0.5, 0.6) is 0 Å². The molecule has 0 saturated carbocycles. The molecule has 4 nitrogen and oxygen atoms in total. The Bertz CT molecular complexity index is 761. The molecule has 0 aliphatic carbocycles. The topological polar surface area (TPSA) is 54.0 Å². The van der Waals surface area contributed by atoms with Gasteiger partial charge < -0.3 is 10.6 Å². The summed E-state index contributed by atoms with van der Waals surface area (Å²) in [5, 5.41) is 9.63. The quantitative estimate of drug-likeness (QED) is 0.751. The van der Waals surface area contributed by atoms with Gasteiger partial charge in [0.25, 0.3) is 5.91 Å². The van der Waals surface area contributed by atoms with Crippen molar-refractivity contribution in [2.24, 2.45) is 0 Å². The number of hydrogen-bond donors (Lipinski definition) is 2. The van der Waals surface area contributed by atoms with Crippen molar-refractivity contribution in [3.63, 3.8) is 0 Å². The van der Waals surface area contributed by atoms with E-state index in [0.29, 0.717) is 22.3 Å². The fraction of sp³-hybridized carbons (Fsp3) is 0.250. The highest BCUT2D eigenvalue weighted by Crippen LogP contribution is 2.30. The third kappa shape index (κ3) is 4.71. The largest absolute Gasteiger partial charge is 0.347 e. The van der Waals surface area contributed by atoms with E-state index in [9.17, 15) is 4.79 Å². The van der Waals surface area contributed by atoms with Gasteiger partial charge in [0.2, 0.25) is 0 Å². The predicted molar refractivity (Wildman–Crippen MR) is 103 cm³/mol. The summed E-state index contributed by atoms with van der Waals surface area (Å²) in [6, 6.07) is 5.32. The molecule has 128 valence electrons. The zero-order valence-corrected chi connectivity index (χ0v) is 15.8. The van der Waals surface area contributed by atoms with E-state index in [0.717, 1.165) is 30.1 Å². The number of benzene rings is 1. The monoisotopic (exact) mass is 403 g/mol. The van der Waals surface area contributed by atoms with Crippen LogP contribution < -0.4 is 10.6 Å². The Morgan fingerprint density at radius 2 is 2.17 bits per heavy atom. The highest BCUT2D eigenvalue weighted by molar-refractivity contribution is 7.13. The zero-order chi connectivity index (χ0) is 16.2. The van der Waals surface area contributed by atoms with Gasteiger partial charge >= 0.3 is 0 Å². The molecule has 0 radical (unpaired) electrons. The molecule has 0 atom stereocenters. The zero-order valence-electron chi connectivity index (χ0n) is 12.6. The lowest BCUT2D eigenvalue weighted by molar-refractivity contribution is 0.0952. The van der Waals surface area contributed by atoms with Gasteiger partial charge in [-0.05, 0) is 25.1 Å². The van der Waals surface area contributed by atoms with E-state index in [1.807, 2.05) is 6.07 Å². The second kappa shape index (κ2) is 8.83. The highest BCUT2D eigenvalue weighted by atomic mass is 35.5. The molecule has 8 heteroatoms. The number of amides is 1. The van der Waals surface area contributed by atoms with Gasteiger partial charge in [0.15, 0.2) is 0 Å². The van der Waals surface area contributed by atoms with Gasteiger partial charge in [0.1, 0.15) is 10.7 Å². The molecular weight excluding hydrogens is 389 g/mol. The highest BCUT2D eigenvalue weighted by Gasteiger charge is 2.13. The Labute approximate surface area is 160 Å². The van der Waals surface area contributed by atoms with Crippen LogP contribution in [0.3, 0.4) is 0 Å². The summed E-state index contributed by atoms with van der Waals surface area (Å²) in [4.78, 5) is 16.6. The first-order valence-corrected chi connectivity index (χ1v) is 8.85. The molecule has 0 fully saturated rings. The molecule has 0 spiro atoms. The van der Waals surface area contributed by atoms with Crippen molar-refractivity contribution in [1.29, 1.82) is 0 Å². The summed E-state index contributed by atoms with van der Waals surface area (Å²) in [5.74, 6) is -0.160. The molecule has 1 aliphatic heterocycles. The molecule has 0 bridgehead atoms. The summed E-state index contributed by atoms with van der Waals surface area (Å²) < 4.78 is 0. The molecule has 0 unspecified atom stereocenters. The predicted octanol–water partition coefficient (Wildman–Crippen LogP) is 4.19. The van der Waals surface area contributed by atoms with Crippen LogP contribution in [0.1, 0.15) is 16.9 Å². The number of halogens is 3. The van der Waals surface area contributed by atoms with E-state index in [2.05, 4.69) is 21.7 Å². The maximum absolute atomic E-state index is 12.2. The summed E-state index contributed by atoms with van der Waals surface area (Å²) in [6.45, 7) is 2.39. The summed E-state index contributed by atoms with van der Waals surface area (Å²) in [5.41, 5.74) is 2.52. The minimum atomic E-state index is -0.160. The first-order chi connectivity index (χ1) is 11.1. The Morgan fingerprint density at radius 3 is 2.88 bits per heavy atom. The Kier molecular flexibility index (Phi) is 7.07. The van der Waals surface area contributed by atoms with Gasteiger partial charge in [-0.2, -0.15) is 0 Å². The maximum atomic E-state index is 12.2. The van der Waals surface area contributed by atoms with Crippen molar-refractivity contribution < 1.29 is 4.79 Å². The van der Waals surface area contributed by atoms with Crippen LogP contribution >= 0.6 is 46.9 Å². The van der Waals surface area contributed by atoms with Crippen LogP contribution in [0.15, 0.2) is 35.2 Å². The second-order valence-corrected chi connectivity index (χ2v) is 6.84. The lowest BCUT2D eigenvalue weighted by Crippen LogP contribution is -2.29. The summed E-state index contributed by atoms with van der Waals surface area (Å²) in [6.07, 6.45) is 3.08. The molecule has 2 N–H and O–H groups in total. The molecule has 1 amide bonds. The Morgan fingerprint density at radius 1 is 1.33 bits per heavy atom. The van der Waals surface area contributed by atoms with Crippen LogP contribution in [-0.2, 0) is 0 Å². The van der Waals surface area contributed by atoms with Crippen LogP contribution in [0, 0.1) is 0 Å². The smallest absolute Gasteiger partial charge is 0.271 e. The molecule has 2 heterocycles. The van der Waals surface area contributed by atoms with E-state index in [1.165, 1.54) is 16.9 Å². The van der Waals surface area contributed by atoms with Crippen molar-refractivity contribution in [1.82, 2.24) is 15.6 Å². The van der Waals surface area contributed by atoms with Crippen LogP contribution in [-0.4, -0.2) is 30.5 Å². The SMILES string of the molecule is Cl.O=C(NCC1=CCNCC1)c1csc(-c2ccc(Cl)c(Cl)c2)n1. The molecule has 3 rings (SSSR count). The van der Waals surface area contributed by atoms with Crippen molar-refractivity contribution in [3.8, 4) is 10.6 Å². The third-order valence-electron chi connectivity index (χ3n) is 3.54.